The second-order valence-electron chi connectivity index (χ2n) is 4.63. The van der Waals surface area contributed by atoms with Gasteiger partial charge in [0.05, 0.1) is 4.92 Å². The Kier molecular flexibility index (Phi) is 3.81. The van der Waals surface area contributed by atoms with Crippen LogP contribution < -0.4 is 10.2 Å². The molecule has 0 saturated carbocycles. The van der Waals surface area contributed by atoms with Gasteiger partial charge in [0.25, 0.3) is 5.69 Å². The first-order chi connectivity index (χ1) is 8.65. The number of hydrogen-bond acceptors (Lipinski definition) is 4. The summed E-state index contributed by atoms with van der Waals surface area (Å²) in [5.74, 6) is 0. The van der Waals surface area contributed by atoms with E-state index in [0.717, 1.165) is 37.3 Å². The summed E-state index contributed by atoms with van der Waals surface area (Å²) >= 11 is 0. The summed E-state index contributed by atoms with van der Waals surface area (Å²) in [6.45, 7) is 6.52. The van der Waals surface area contributed by atoms with Crippen LogP contribution >= 0.6 is 0 Å². The number of aryl methyl sites for hydroxylation is 1. The molecule has 0 bridgehead atoms. The van der Waals surface area contributed by atoms with Crippen LogP contribution in [0, 0.1) is 17.0 Å². The lowest BCUT2D eigenvalue weighted by molar-refractivity contribution is -0.384. The van der Waals surface area contributed by atoms with Crippen molar-refractivity contribution in [2.75, 3.05) is 24.5 Å². The minimum atomic E-state index is -0.268. The van der Waals surface area contributed by atoms with E-state index in [-0.39, 0.29) is 10.6 Å². The van der Waals surface area contributed by atoms with E-state index in [1.807, 2.05) is 19.1 Å². The van der Waals surface area contributed by atoms with Crippen molar-refractivity contribution < 1.29 is 4.92 Å². The average molecular weight is 249 g/mol. The van der Waals surface area contributed by atoms with Gasteiger partial charge in [-0.05, 0) is 32.9 Å². The smallest absolute Gasteiger partial charge is 0.295 e. The second-order valence-corrected chi connectivity index (χ2v) is 4.63. The molecule has 0 amide bonds. The van der Waals surface area contributed by atoms with Gasteiger partial charge < -0.3 is 10.2 Å². The van der Waals surface area contributed by atoms with Crippen molar-refractivity contribution in [3.8, 4) is 0 Å². The van der Waals surface area contributed by atoms with Gasteiger partial charge in [0.15, 0.2) is 0 Å². The predicted molar refractivity (Wildman–Crippen MR) is 72.1 cm³/mol. The Morgan fingerprint density at radius 3 is 2.89 bits per heavy atom. The van der Waals surface area contributed by atoms with Crippen molar-refractivity contribution in [2.24, 2.45) is 0 Å². The topological polar surface area (TPSA) is 58.4 Å². The number of benzene rings is 1. The molecule has 5 heteroatoms. The van der Waals surface area contributed by atoms with E-state index in [1.54, 1.807) is 13.0 Å². The van der Waals surface area contributed by atoms with Crippen molar-refractivity contribution >= 4 is 11.4 Å². The fourth-order valence-electron chi connectivity index (χ4n) is 2.64. The fourth-order valence-corrected chi connectivity index (χ4v) is 2.64. The van der Waals surface area contributed by atoms with Crippen LogP contribution in [0.4, 0.5) is 11.4 Å². The summed E-state index contributed by atoms with van der Waals surface area (Å²) in [7, 11) is 0. The van der Waals surface area contributed by atoms with Crippen LogP contribution in [0.15, 0.2) is 18.2 Å². The number of hydrogen-bond donors (Lipinski definition) is 1. The molecular weight excluding hydrogens is 230 g/mol. The van der Waals surface area contributed by atoms with Gasteiger partial charge in [0, 0.05) is 24.7 Å². The van der Waals surface area contributed by atoms with Gasteiger partial charge in [-0.15, -0.1) is 0 Å². The van der Waals surface area contributed by atoms with E-state index in [4.69, 9.17) is 0 Å². The zero-order chi connectivity index (χ0) is 13.1. The lowest BCUT2D eigenvalue weighted by Crippen LogP contribution is -2.37. The number of rotatable bonds is 4. The first kappa shape index (κ1) is 12.8. The van der Waals surface area contributed by atoms with E-state index >= 15 is 0 Å². The molecule has 0 aromatic heterocycles. The number of anilines is 1. The van der Waals surface area contributed by atoms with Gasteiger partial charge in [-0.25, -0.2) is 0 Å². The standard InChI is InChI=1S/C13H19N3O2/c1-3-15(11-7-8-14-9-11)12-6-4-5-10(2)13(12)16(17)18/h4-6,11,14H,3,7-9H2,1-2H3. The number of nitrogens with zero attached hydrogens (tertiary/aromatic N) is 2. The fraction of sp³-hybridized carbons (Fsp3) is 0.538. The third-order valence-corrected chi connectivity index (χ3v) is 3.52. The monoisotopic (exact) mass is 249 g/mol. The molecule has 5 nitrogen and oxygen atoms in total. The molecule has 2 rings (SSSR count). The number of likely N-dealkylation sites (N-methyl/N-ethyl adjacent to an activating group) is 1. The van der Waals surface area contributed by atoms with E-state index in [1.165, 1.54) is 0 Å². The molecule has 0 aliphatic carbocycles. The molecule has 1 saturated heterocycles. The van der Waals surface area contributed by atoms with Gasteiger partial charge in [0.2, 0.25) is 0 Å². The molecule has 1 aromatic carbocycles. The quantitative estimate of drug-likeness (QED) is 0.655. The SMILES string of the molecule is CCN(c1cccc(C)c1[N+](=O)[O-])C1CCNC1. The Balaban J connectivity index is 2.41. The summed E-state index contributed by atoms with van der Waals surface area (Å²) < 4.78 is 0. The zero-order valence-corrected chi connectivity index (χ0v) is 10.8. The van der Waals surface area contributed by atoms with Crippen LogP contribution in [0.2, 0.25) is 0 Å². The number of nitro groups is 1. The van der Waals surface area contributed by atoms with Gasteiger partial charge in [-0.3, -0.25) is 10.1 Å². The maximum Gasteiger partial charge on any atom is 0.295 e. The molecule has 1 atom stereocenters. The molecule has 1 aromatic rings. The Morgan fingerprint density at radius 2 is 2.33 bits per heavy atom. The highest BCUT2D eigenvalue weighted by molar-refractivity contribution is 5.67. The molecule has 0 radical (unpaired) electrons. The van der Waals surface area contributed by atoms with Crippen molar-refractivity contribution in [2.45, 2.75) is 26.3 Å². The highest BCUT2D eigenvalue weighted by Crippen LogP contribution is 2.33. The number of para-hydroxylation sites is 1. The number of nitro benzene ring substituents is 1. The van der Waals surface area contributed by atoms with E-state index in [2.05, 4.69) is 10.2 Å². The molecule has 98 valence electrons. The summed E-state index contributed by atoms with van der Waals surface area (Å²) in [6, 6.07) is 5.90. The van der Waals surface area contributed by atoms with Crippen molar-refractivity contribution in [3.63, 3.8) is 0 Å². The van der Waals surface area contributed by atoms with Gasteiger partial charge in [0.1, 0.15) is 5.69 Å². The van der Waals surface area contributed by atoms with Crippen LogP contribution in [0.3, 0.4) is 0 Å². The summed E-state index contributed by atoms with van der Waals surface area (Å²) in [6.07, 6.45) is 1.04. The summed E-state index contributed by atoms with van der Waals surface area (Å²) in [4.78, 5) is 13.1. The van der Waals surface area contributed by atoms with Gasteiger partial charge in [-0.1, -0.05) is 12.1 Å². The number of nitrogens with one attached hydrogen (secondary N) is 1. The second kappa shape index (κ2) is 5.35. The Labute approximate surface area is 107 Å². The predicted octanol–water partition coefficient (Wildman–Crippen LogP) is 2.09. The minimum Gasteiger partial charge on any atom is -0.362 e. The molecular formula is C13H19N3O2. The maximum atomic E-state index is 11.2. The molecule has 0 spiro atoms. The average Bonchev–Trinajstić information content (AvgIpc) is 2.83. The lowest BCUT2D eigenvalue weighted by atomic mass is 10.1. The molecule has 1 aliphatic heterocycles. The van der Waals surface area contributed by atoms with Crippen LogP contribution in [0.25, 0.3) is 0 Å². The van der Waals surface area contributed by atoms with Crippen LogP contribution in [-0.2, 0) is 0 Å². The zero-order valence-electron chi connectivity index (χ0n) is 10.8. The molecule has 18 heavy (non-hydrogen) atoms. The van der Waals surface area contributed by atoms with Crippen molar-refractivity contribution in [1.82, 2.24) is 5.32 Å². The maximum absolute atomic E-state index is 11.2. The van der Waals surface area contributed by atoms with E-state index in [9.17, 15) is 10.1 Å². The third-order valence-electron chi connectivity index (χ3n) is 3.52. The van der Waals surface area contributed by atoms with Crippen molar-refractivity contribution in [3.05, 3.63) is 33.9 Å². The molecule has 1 unspecified atom stereocenters. The van der Waals surface area contributed by atoms with Crippen LogP contribution in [0.1, 0.15) is 18.9 Å². The Morgan fingerprint density at radius 1 is 1.56 bits per heavy atom. The first-order valence-electron chi connectivity index (χ1n) is 6.36. The summed E-state index contributed by atoms with van der Waals surface area (Å²) in [5, 5.41) is 14.5. The molecule has 1 aliphatic rings. The first-order valence-corrected chi connectivity index (χ1v) is 6.36. The normalized spacial score (nSPS) is 18.9. The van der Waals surface area contributed by atoms with Crippen LogP contribution in [0.5, 0.6) is 0 Å². The minimum absolute atomic E-state index is 0.242. The highest BCUT2D eigenvalue weighted by atomic mass is 16.6. The van der Waals surface area contributed by atoms with Gasteiger partial charge in [-0.2, -0.15) is 0 Å². The van der Waals surface area contributed by atoms with E-state index in [0.29, 0.717) is 6.04 Å². The molecule has 1 N–H and O–H groups in total. The summed E-state index contributed by atoms with van der Waals surface area (Å²) in [5.41, 5.74) is 1.71. The molecule has 1 fully saturated rings. The Bertz CT molecular complexity index is 442. The van der Waals surface area contributed by atoms with Crippen molar-refractivity contribution in [1.29, 1.82) is 0 Å². The van der Waals surface area contributed by atoms with Gasteiger partial charge >= 0.3 is 0 Å². The largest absolute Gasteiger partial charge is 0.362 e. The highest BCUT2D eigenvalue weighted by Gasteiger charge is 2.27. The Hall–Kier alpha value is -1.62. The van der Waals surface area contributed by atoms with E-state index < -0.39 is 0 Å². The molecule has 1 heterocycles. The van der Waals surface area contributed by atoms with Crippen LogP contribution in [-0.4, -0.2) is 30.6 Å². The third kappa shape index (κ3) is 2.31. The lowest BCUT2D eigenvalue weighted by Gasteiger charge is -2.29.